The summed E-state index contributed by atoms with van der Waals surface area (Å²) in [6.45, 7) is 2.33. The number of nitrogen functional groups attached to an aromatic ring is 1. The molecule has 1 rings (SSSR count). The van der Waals surface area contributed by atoms with Gasteiger partial charge in [0.1, 0.15) is 0 Å². The molecular weight excluding hydrogens is 268 g/mol. The lowest BCUT2D eigenvalue weighted by Crippen LogP contribution is -2.30. The second-order valence-electron chi connectivity index (χ2n) is 4.01. The summed E-state index contributed by atoms with van der Waals surface area (Å²) in [6, 6.07) is 4.71. The van der Waals surface area contributed by atoms with Gasteiger partial charge in [0, 0.05) is 24.3 Å². The fourth-order valence-corrected chi connectivity index (χ4v) is 1.69. The van der Waals surface area contributed by atoms with Crippen LogP contribution >= 0.6 is 11.6 Å². The Kier molecular flexibility index (Phi) is 5.63. The van der Waals surface area contributed by atoms with Crippen molar-refractivity contribution in [1.29, 1.82) is 0 Å². The van der Waals surface area contributed by atoms with Crippen LogP contribution < -0.4 is 5.73 Å². The summed E-state index contributed by atoms with van der Waals surface area (Å²) < 4.78 is 4.80. The molecule has 5 nitrogen and oxygen atoms in total. The molecule has 0 heterocycles. The molecule has 1 aromatic carbocycles. The number of benzene rings is 1. The zero-order chi connectivity index (χ0) is 14.4. The molecule has 0 unspecified atom stereocenters. The SMILES string of the molecule is CCOC(=O)CCN(C)C(=O)c1cc(Cl)ccc1N. The van der Waals surface area contributed by atoms with E-state index in [1.165, 1.54) is 11.0 Å². The summed E-state index contributed by atoms with van der Waals surface area (Å²) >= 11 is 5.83. The molecule has 0 saturated heterocycles. The van der Waals surface area contributed by atoms with Gasteiger partial charge >= 0.3 is 5.97 Å². The van der Waals surface area contributed by atoms with E-state index >= 15 is 0 Å². The number of nitrogens with two attached hydrogens (primary N) is 1. The van der Waals surface area contributed by atoms with Crippen LogP contribution in [0.5, 0.6) is 0 Å². The molecule has 0 aliphatic rings. The van der Waals surface area contributed by atoms with Crippen LogP contribution in [-0.4, -0.2) is 37.0 Å². The number of rotatable bonds is 5. The molecule has 0 spiro atoms. The van der Waals surface area contributed by atoms with Gasteiger partial charge in [-0.05, 0) is 25.1 Å². The summed E-state index contributed by atoms with van der Waals surface area (Å²) in [6.07, 6.45) is 0.149. The molecular formula is C13H17ClN2O3. The normalized spacial score (nSPS) is 10.1. The van der Waals surface area contributed by atoms with Crippen LogP contribution in [0.1, 0.15) is 23.7 Å². The van der Waals surface area contributed by atoms with Gasteiger partial charge in [0.25, 0.3) is 5.91 Å². The van der Waals surface area contributed by atoms with Crippen LogP contribution in [0.2, 0.25) is 5.02 Å². The molecule has 1 aromatic rings. The van der Waals surface area contributed by atoms with Gasteiger partial charge in [-0.15, -0.1) is 0 Å². The van der Waals surface area contributed by atoms with Crippen LogP contribution in [0.15, 0.2) is 18.2 Å². The van der Waals surface area contributed by atoms with Gasteiger partial charge in [0.2, 0.25) is 0 Å². The van der Waals surface area contributed by atoms with Crippen LogP contribution in [-0.2, 0) is 9.53 Å². The van der Waals surface area contributed by atoms with Crippen molar-refractivity contribution in [3.8, 4) is 0 Å². The van der Waals surface area contributed by atoms with Gasteiger partial charge in [0.15, 0.2) is 0 Å². The molecule has 19 heavy (non-hydrogen) atoms. The number of anilines is 1. The standard InChI is InChI=1S/C13H17ClN2O3/c1-3-19-12(17)6-7-16(2)13(18)10-8-9(14)4-5-11(10)15/h4-5,8H,3,6-7,15H2,1-2H3. The second kappa shape index (κ2) is 6.99. The highest BCUT2D eigenvalue weighted by Crippen LogP contribution is 2.19. The van der Waals surface area contributed by atoms with E-state index in [-0.39, 0.29) is 24.8 Å². The average Bonchev–Trinajstić information content (AvgIpc) is 2.38. The summed E-state index contributed by atoms with van der Waals surface area (Å²) in [5, 5.41) is 0.441. The van der Waals surface area contributed by atoms with Gasteiger partial charge in [-0.25, -0.2) is 0 Å². The highest BCUT2D eigenvalue weighted by Gasteiger charge is 2.16. The van der Waals surface area contributed by atoms with Crippen molar-refractivity contribution in [1.82, 2.24) is 4.90 Å². The molecule has 0 atom stereocenters. The summed E-state index contributed by atoms with van der Waals surface area (Å²) in [7, 11) is 1.60. The monoisotopic (exact) mass is 284 g/mol. The molecule has 6 heteroatoms. The smallest absolute Gasteiger partial charge is 0.307 e. The van der Waals surface area contributed by atoms with Gasteiger partial charge in [0.05, 0.1) is 18.6 Å². The molecule has 0 saturated carbocycles. The topological polar surface area (TPSA) is 72.6 Å². The maximum Gasteiger partial charge on any atom is 0.307 e. The molecule has 0 aliphatic carbocycles. The quantitative estimate of drug-likeness (QED) is 0.662. The van der Waals surface area contributed by atoms with Crippen LogP contribution in [0.25, 0.3) is 0 Å². The Morgan fingerprint density at radius 2 is 2.11 bits per heavy atom. The summed E-state index contributed by atoms with van der Waals surface area (Å²) in [5.41, 5.74) is 6.43. The van der Waals surface area contributed by atoms with Crippen molar-refractivity contribution in [2.75, 3.05) is 25.9 Å². The number of nitrogens with zero attached hydrogens (tertiary/aromatic N) is 1. The Hall–Kier alpha value is -1.75. The van der Waals surface area contributed by atoms with Gasteiger partial charge in [-0.3, -0.25) is 9.59 Å². The predicted octanol–water partition coefficient (Wildman–Crippen LogP) is 1.95. The summed E-state index contributed by atoms with van der Waals surface area (Å²) in [5.74, 6) is -0.606. The zero-order valence-electron chi connectivity index (χ0n) is 11.0. The Morgan fingerprint density at radius 1 is 1.42 bits per heavy atom. The Balaban J connectivity index is 2.66. The molecule has 0 radical (unpaired) electrons. The lowest BCUT2D eigenvalue weighted by molar-refractivity contribution is -0.143. The van der Waals surface area contributed by atoms with Gasteiger partial charge < -0.3 is 15.4 Å². The van der Waals surface area contributed by atoms with E-state index in [0.717, 1.165) is 0 Å². The third kappa shape index (κ3) is 4.44. The van der Waals surface area contributed by atoms with Gasteiger partial charge in [-0.2, -0.15) is 0 Å². The number of amides is 1. The first kappa shape index (κ1) is 15.3. The molecule has 1 amide bonds. The van der Waals surface area contributed by atoms with E-state index in [9.17, 15) is 9.59 Å². The molecule has 0 aromatic heterocycles. The number of esters is 1. The molecule has 104 valence electrons. The highest BCUT2D eigenvalue weighted by atomic mass is 35.5. The maximum absolute atomic E-state index is 12.1. The lowest BCUT2D eigenvalue weighted by Gasteiger charge is -2.17. The van der Waals surface area contributed by atoms with Crippen LogP contribution in [0.4, 0.5) is 5.69 Å². The van der Waals surface area contributed by atoms with E-state index in [1.54, 1.807) is 26.1 Å². The second-order valence-corrected chi connectivity index (χ2v) is 4.45. The zero-order valence-corrected chi connectivity index (χ0v) is 11.7. The van der Waals surface area contributed by atoms with Crippen molar-refractivity contribution >= 4 is 29.2 Å². The van der Waals surface area contributed by atoms with E-state index in [1.807, 2.05) is 0 Å². The van der Waals surface area contributed by atoms with E-state index in [0.29, 0.717) is 22.9 Å². The fraction of sp³-hybridized carbons (Fsp3) is 0.385. The predicted molar refractivity (Wildman–Crippen MR) is 74.1 cm³/mol. The van der Waals surface area contributed by atoms with Gasteiger partial charge in [-0.1, -0.05) is 11.6 Å². The number of halogens is 1. The third-order valence-electron chi connectivity index (χ3n) is 2.55. The average molecular weight is 285 g/mol. The molecule has 0 aliphatic heterocycles. The Labute approximate surface area is 117 Å². The summed E-state index contributed by atoms with van der Waals surface area (Å²) in [4.78, 5) is 24.8. The number of hydrogen-bond acceptors (Lipinski definition) is 4. The van der Waals surface area contributed by atoms with Crippen molar-refractivity contribution in [3.63, 3.8) is 0 Å². The Bertz CT molecular complexity index is 477. The van der Waals surface area contributed by atoms with E-state index in [4.69, 9.17) is 22.1 Å². The Morgan fingerprint density at radius 3 is 2.74 bits per heavy atom. The lowest BCUT2D eigenvalue weighted by atomic mass is 10.1. The minimum absolute atomic E-state index is 0.149. The third-order valence-corrected chi connectivity index (χ3v) is 2.78. The van der Waals surface area contributed by atoms with E-state index < -0.39 is 0 Å². The fourth-order valence-electron chi connectivity index (χ4n) is 1.51. The number of hydrogen-bond donors (Lipinski definition) is 1. The first-order valence-electron chi connectivity index (χ1n) is 5.91. The first-order chi connectivity index (χ1) is 8.95. The van der Waals surface area contributed by atoms with Crippen molar-refractivity contribution in [2.45, 2.75) is 13.3 Å². The molecule has 0 bridgehead atoms. The minimum Gasteiger partial charge on any atom is -0.466 e. The molecule has 2 N–H and O–H groups in total. The minimum atomic E-state index is -0.332. The number of carbonyl (C=O) groups is 2. The highest BCUT2D eigenvalue weighted by molar-refractivity contribution is 6.31. The van der Waals surface area contributed by atoms with Crippen LogP contribution in [0.3, 0.4) is 0 Å². The maximum atomic E-state index is 12.1. The largest absolute Gasteiger partial charge is 0.466 e. The first-order valence-corrected chi connectivity index (χ1v) is 6.29. The van der Waals surface area contributed by atoms with Crippen LogP contribution in [0, 0.1) is 0 Å². The van der Waals surface area contributed by atoms with Crippen molar-refractivity contribution < 1.29 is 14.3 Å². The molecule has 0 fully saturated rings. The number of carbonyl (C=O) groups excluding carboxylic acids is 2. The van der Waals surface area contributed by atoms with E-state index in [2.05, 4.69) is 0 Å². The van der Waals surface area contributed by atoms with Crippen molar-refractivity contribution in [2.24, 2.45) is 0 Å². The van der Waals surface area contributed by atoms with Crippen molar-refractivity contribution in [3.05, 3.63) is 28.8 Å². The number of ether oxygens (including phenoxy) is 1.